The average Bonchev–Trinajstić information content (AvgIpc) is 2.72. The van der Waals surface area contributed by atoms with Crippen LogP contribution in [0.15, 0.2) is 24.3 Å². The van der Waals surface area contributed by atoms with Crippen LogP contribution in [0.3, 0.4) is 0 Å². The average molecular weight is 293 g/mol. The fourth-order valence-electron chi connectivity index (χ4n) is 2.10. The molecule has 1 aromatic carbocycles. The van der Waals surface area contributed by atoms with Crippen molar-refractivity contribution in [1.29, 1.82) is 0 Å². The second kappa shape index (κ2) is 4.47. The van der Waals surface area contributed by atoms with Crippen LogP contribution in [0.5, 0.6) is 0 Å². The van der Waals surface area contributed by atoms with Crippen LogP contribution < -0.4 is 0 Å². The molecule has 0 N–H and O–H groups in total. The minimum atomic E-state index is 0.414. The SMILES string of the molecule is Cc1cc(Cl)ccc1-c1nnc2cc(Cl)nc(C)n12. The maximum Gasteiger partial charge on any atom is 0.170 e. The number of aromatic nitrogens is 4. The summed E-state index contributed by atoms with van der Waals surface area (Å²) in [6.07, 6.45) is 0. The molecule has 0 atom stereocenters. The van der Waals surface area contributed by atoms with Crippen molar-refractivity contribution in [3.05, 3.63) is 45.8 Å². The van der Waals surface area contributed by atoms with Gasteiger partial charge in [-0.3, -0.25) is 4.40 Å². The van der Waals surface area contributed by atoms with E-state index in [1.54, 1.807) is 6.07 Å². The van der Waals surface area contributed by atoms with E-state index in [4.69, 9.17) is 23.2 Å². The molecule has 3 aromatic rings. The predicted octanol–water partition coefficient (Wildman–Crippen LogP) is 3.71. The number of fused-ring (bicyclic) bond motifs is 1. The van der Waals surface area contributed by atoms with Crippen LogP contribution >= 0.6 is 23.2 Å². The van der Waals surface area contributed by atoms with Gasteiger partial charge in [0.15, 0.2) is 11.5 Å². The summed E-state index contributed by atoms with van der Waals surface area (Å²) < 4.78 is 1.88. The van der Waals surface area contributed by atoms with Gasteiger partial charge in [-0.2, -0.15) is 0 Å². The maximum atomic E-state index is 5.98. The summed E-state index contributed by atoms with van der Waals surface area (Å²) in [5, 5.41) is 9.48. The standard InChI is InChI=1S/C13H10Cl2N4/c1-7-5-9(14)3-4-10(7)13-18-17-12-6-11(15)16-8(2)19(12)13/h3-6H,1-2H3. The highest BCUT2D eigenvalue weighted by molar-refractivity contribution is 6.30. The molecule has 0 spiro atoms. The van der Waals surface area contributed by atoms with E-state index < -0.39 is 0 Å². The van der Waals surface area contributed by atoms with E-state index in [0.717, 1.165) is 22.8 Å². The lowest BCUT2D eigenvalue weighted by atomic mass is 10.1. The molecule has 2 aromatic heterocycles. The van der Waals surface area contributed by atoms with Gasteiger partial charge in [0.05, 0.1) is 0 Å². The van der Waals surface area contributed by atoms with Gasteiger partial charge >= 0.3 is 0 Å². The van der Waals surface area contributed by atoms with Gasteiger partial charge in [-0.05, 0) is 37.6 Å². The Morgan fingerprint density at radius 1 is 1.05 bits per heavy atom. The third kappa shape index (κ3) is 2.07. The second-order valence-corrected chi connectivity index (χ2v) is 5.13. The number of halogens is 2. The number of aryl methyl sites for hydroxylation is 2. The van der Waals surface area contributed by atoms with Gasteiger partial charge < -0.3 is 0 Å². The maximum absolute atomic E-state index is 5.98. The van der Waals surface area contributed by atoms with Gasteiger partial charge in [0.25, 0.3) is 0 Å². The number of hydrogen-bond donors (Lipinski definition) is 0. The molecule has 0 aliphatic carbocycles. The number of benzene rings is 1. The molecule has 96 valence electrons. The van der Waals surface area contributed by atoms with E-state index in [1.165, 1.54) is 0 Å². The molecule has 4 nitrogen and oxygen atoms in total. The normalized spacial score (nSPS) is 11.2. The Bertz CT molecular complexity index is 780. The molecule has 0 aliphatic rings. The Morgan fingerprint density at radius 2 is 1.84 bits per heavy atom. The predicted molar refractivity (Wildman–Crippen MR) is 75.7 cm³/mol. The van der Waals surface area contributed by atoms with Crippen LogP contribution in [0, 0.1) is 13.8 Å². The van der Waals surface area contributed by atoms with E-state index in [-0.39, 0.29) is 0 Å². The first-order valence-corrected chi connectivity index (χ1v) is 6.46. The van der Waals surface area contributed by atoms with Gasteiger partial charge in [0, 0.05) is 16.7 Å². The van der Waals surface area contributed by atoms with Crippen LogP contribution in [0.25, 0.3) is 17.0 Å². The molecule has 3 rings (SSSR count). The van der Waals surface area contributed by atoms with Gasteiger partial charge in [-0.15, -0.1) is 10.2 Å². The van der Waals surface area contributed by atoms with Crippen molar-refractivity contribution in [2.45, 2.75) is 13.8 Å². The summed E-state index contributed by atoms with van der Waals surface area (Å²) in [4.78, 5) is 4.23. The summed E-state index contributed by atoms with van der Waals surface area (Å²) >= 11 is 11.9. The summed E-state index contributed by atoms with van der Waals surface area (Å²) in [5.41, 5.74) is 2.70. The minimum absolute atomic E-state index is 0.414. The fourth-order valence-corrected chi connectivity index (χ4v) is 2.55. The first-order valence-electron chi connectivity index (χ1n) is 5.71. The minimum Gasteiger partial charge on any atom is -0.263 e. The molecular formula is C13H10Cl2N4. The molecule has 0 bridgehead atoms. The highest BCUT2D eigenvalue weighted by Gasteiger charge is 2.13. The van der Waals surface area contributed by atoms with Crippen molar-refractivity contribution in [3.8, 4) is 11.4 Å². The van der Waals surface area contributed by atoms with E-state index in [0.29, 0.717) is 15.8 Å². The Balaban J connectivity index is 2.31. The van der Waals surface area contributed by atoms with Crippen LogP contribution in [-0.2, 0) is 0 Å². The monoisotopic (exact) mass is 292 g/mol. The quantitative estimate of drug-likeness (QED) is 0.642. The number of nitrogens with zero attached hydrogens (tertiary/aromatic N) is 4. The molecule has 0 aliphatic heterocycles. The number of rotatable bonds is 1. The number of hydrogen-bond acceptors (Lipinski definition) is 3. The highest BCUT2D eigenvalue weighted by atomic mass is 35.5. The van der Waals surface area contributed by atoms with Crippen molar-refractivity contribution in [2.24, 2.45) is 0 Å². The molecule has 0 saturated heterocycles. The Kier molecular flexibility index (Phi) is 2.92. The van der Waals surface area contributed by atoms with E-state index in [2.05, 4.69) is 15.2 Å². The zero-order chi connectivity index (χ0) is 13.6. The molecule has 0 amide bonds. The third-order valence-electron chi connectivity index (χ3n) is 2.96. The van der Waals surface area contributed by atoms with Crippen molar-refractivity contribution >= 4 is 28.8 Å². The van der Waals surface area contributed by atoms with Crippen LogP contribution in [0.4, 0.5) is 0 Å². The van der Waals surface area contributed by atoms with E-state index in [1.807, 2.05) is 36.4 Å². The molecule has 0 radical (unpaired) electrons. The lowest BCUT2D eigenvalue weighted by molar-refractivity contribution is 0.987. The van der Waals surface area contributed by atoms with Gasteiger partial charge in [0.1, 0.15) is 11.0 Å². The Morgan fingerprint density at radius 3 is 2.58 bits per heavy atom. The molecule has 0 saturated carbocycles. The van der Waals surface area contributed by atoms with Crippen LogP contribution in [-0.4, -0.2) is 19.6 Å². The zero-order valence-corrected chi connectivity index (χ0v) is 11.9. The van der Waals surface area contributed by atoms with Crippen molar-refractivity contribution in [1.82, 2.24) is 19.6 Å². The summed E-state index contributed by atoms with van der Waals surface area (Å²) in [7, 11) is 0. The summed E-state index contributed by atoms with van der Waals surface area (Å²) in [5.74, 6) is 1.49. The van der Waals surface area contributed by atoms with Gasteiger partial charge in [-0.25, -0.2) is 4.98 Å². The third-order valence-corrected chi connectivity index (χ3v) is 3.39. The second-order valence-electron chi connectivity index (χ2n) is 4.30. The molecule has 6 heteroatoms. The van der Waals surface area contributed by atoms with Crippen molar-refractivity contribution < 1.29 is 0 Å². The molecular weight excluding hydrogens is 283 g/mol. The first-order chi connectivity index (χ1) is 9.06. The fraction of sp³-hybridized carbons (Fsp3) is 0.154. The Hall–Kier alpha value is -1.65. The van der Waals surface area contributed by atoms with Crippen LogP contribution in [0.2, 0.25) is 10.2 Å². The lowest BCUT2D eigenvalue weighted by Crippen LogP contribution is -1.98. The van der Waals surface area contributed by atoms with E-state index >= 15 is 0 Å². The largest absolute Gasteiger partial charge is 0.263 e. The smallest absolute Gasteiger partial charge is 0.170 e. The van der Waals surface area contributed by atoms with Crippen molar-refractivity contribution in [3.63, 3.8) is 0 Å². The summed E-state index contributed by atoms with van der Waals surface area (Å²) in [6.45, 7) is 3.86. The summed E-state index contributed by atoms with van der Waals surface area (Å²) in [6, 6.07) is 7.36. The van der Waals surface area contributed by atoms with Gasteiger partial charge in [-0.1, -0.05) is 23.2 Å². The highest BCUT2D eigenvalue weighted by Crippen LogP contribution is 2.26. The van der Waals surface area contributed by atoms with Crippen molar-refractivity contribution in [2.75, 3.05) is 0 Å². The molecule has 0 fully saturated rings. The van der Waals surface area contributed by atoms with Crippen LogP contribution in [0.1, 0.15) is 11.4 Å². The first kappa shape index (κ1) is 12.4. The molecule has 0 unspecified atom stereocenters. The zero-order valence-electron chi connectivity index (χ0n) is 10.4. The lowest BCUT2D eigenvalue weighted by Gasteiger charge is -2.06. The molecule has 19 heavy (non-hydrogen) atoms. The Labute approximate surface area is 120 Å². The topological polar surface area (TPSA) is 43.1 Å². The van der Waals surface area contributed by atoms with Gasteiger partial charge in [0.2, 0.25) is 0 Å². The van der Waals surface area contributed by atoms with E-state index in [9.17, 15) is 0 Å². The molecule has 2 heterocycles.